The van der Waals surface area contributed by atoms with E-state index in [2.05, 4.69) is 26.6 Å². The van der Waals surface area contributed by atoms with Gasteiger partial charge in [-0.3, -0.25) is 19.7 Å². The van der Waals surface area contributed by atoms with Gasteiger partial charge in [-0.05, 0) is 43.8 Å². The van der Waals surface area contributed by atoms with Gasteiger partial charge in [-0.2, -0.15) is 0 Å². The van der Waals surface area contributed by atoms with Gasteiger partial charge in [0.15, 0.2) is 5.11 Å². The van der Waals surface area contributed by atoms with Gasteiger partial charge in [0.2, 0.25) is 5.91 Å². The van der Waals surface area contributed by atoms with Crippen molar-refractivity contribution >= 4 is 51.0 Å². The number of hydrogen-bond acceptors (Lipinski definition) is 6. The Labute approximate surface area is 183 Å². The summed E-state index contributed by atoms with van der Waals surface area (Å²) in [6.07, 6.45) is 0.644. The number of carbonyl (C=O) groups excluding carboxylic acids is 3. The number of ether oxygens (including phenoxy) is 2. The van der Waals surface area contributed by atoms with E-state index in [9.17, 15) is 14.4 Å². The molecule has 2 N–H and O–H groups in total. The van der Waals surface area contributed by atoms with E-state index in [1.807, 2.05) is 6.92 Å². The molecule has 0 saturated carbocycles. The maximum absolute atomic E-state index is 12.8. The van der Waals surface area contributed by atoms with Gasteiger partial charge in [-0.1, -0.05) is 22.9 Å². The number of benzene rings is 1. The Morgan fingerprint density at radius 1 is 1.38 bits per heavy atom. The molecule has 29 heavy (non-hydrogen) atoms. The molecule has 1 saturated heterocycles. The third kappa shape index (κ3) is 6.40. The maximum Gasteiger partial charge on any atom is 0.308 e. The summed E-state index contributed by atoms with van der Waals surface area (Å²) >= 11 is 8.72. The van der Waals surface area contributed by atoms with Gasteiger partial charge in [-0.25, -0.2) is 0 Å². The fourth-order valence-corrected chi connectivity index (χ4v) is 3.46. The van der Waals surface area contributed by atoms with Crippen LogP contribution in [0.25, 0.3) is 0 Å². The quantitative estimate of drug-likeness (QED) is 0.450. The average molecular weight is 486 g/mol. The molecule has 1 fully saturated rings. The fraction of sp³-hybridized carbons (Fsp3) is 0.474. The average Bonchev–Trinajstić information content (AvgIpc) is 2.68. The van der Waals surface area contributed by atoms with Crippen molar-refractivity contribution in [3.63, 3.8) is 0 Å². The lowest BCUT2D eigenvalue weighted by Gasteiger charge is -2.36. The molecule has 8 nitrogen and oxygen atoms in total. The number of nitrogens with one attached hydrogen (secondary N) is 2. The molecule has 0 aromatic heterocycles. The normalized spacial score (nSPS) is 16.0. The second kappa shape index (κ2) is 11.1. The maximum atomic E-state index is 12.8. The second-order valence-electron chi connectivity index (χ2n) is 6.26. The van der Waals surface area contributed by atoms with Gasteiger partial charge in [-0.15, -0.1) is 0 Å². The van der Waals surface area contributed by atoms with E-state index >= 15 is 0 Å². The topological polar surface area (TPSA) is 97.0 Å². The molecule has 1 unspecified atom stereocenters. The van der Waals surface area contributed by atoms with Gasteiger partial charge in [0.25, 0.3) is 5.91 Å². The smallest absolute Gasteiger partial charge is 0.308 e. The molecule has 1 aliphatic heterocycles. The van der Waals surface area contributed by atoms with E-state index in [1.54, 1.807) is 25.1 Å². The van der Waals surface area contributed by atoms with Gasteiger partial charge >= 0.3 is 5.97 Å². The molecule has 10 heteroatoms. The predicted molar refractivity (Wildman–Crippen MR) is 115 cm³/mol. The fourth-order valence-electron chi connectivity index (χ4n) is 2.79. The third-order valence-corrected chi connectivity index (χ3v) is 4.96. The molecule has 0 radical (unpaired) electrons. The zero-order chi connectivity index (χ0) is 21.4. The van der Waals surface area contributed by atoms with Crippen LogP contribution in [0.1, 0.15) is 37.0 Å². The monoisotopic (exact) mass is 485 g/mol. The number of amides is 2. The molecule has 0 bridgehead atoms. The molecular weight excluding hydrogens is 462 g/mol. The number of rotatable bonds is 7. The largest absolute Gasteiger partial charge is 0.493 e. The van der Waals surface area contributed by atoms with Crippen LogP contribution < -0.4 is 15.4 Å². The van der Waals surface area contributed by atoms with E-state index in [-0.39, 0.29) is 24.0 Å². The minimum Gasteiger partial charge on any atom is -0.493 e. The van der Waals surface area contributed by atoms with Crippen molar-refractivity contribution < 1.29 is 23.9 Å². The predicted octanol–water partition coefficient (Wildman–Crippen LogP) is 2.01. The van der Waals surface area contributed by atoms with Crippen molar-refractivity contribution in [2.75, 3.05) is 26.3 Å². The molecule has 1 heterocycles. The van der Waals surface area contributed by atoms with E-state index < -0.39 is 17.9 Å². The van der Waals surface area contributed by atoms with Gasteiger partial charge in [0, 0.05) is 17.6 Å². The number of nitrogens with zero attached hydrogens (tertiary/aromatic N) is 1. The highest BCUT2D eigenvalue weighted by molar-refractivity contribution is 9.10. The molecule has 1 aliphatic rings. The van der Waals surface area contributed by atoms with Crippen molar-refractivity contribution in [1.82, 2.24) is 15.5 Å². The molecule has 1 aromatic rings. The lowest BCUT2D eigenvalue weighted by Crippen LogP contribution is -2.60. The first kappa shape index (κ1) is 23.1. The van der Waals surface area contributed by atoms with Crippen molar-refractivity contribution in [2.24, 2.45) is 0 Å². The number of hydrogen-bond donors (Lipinski definition) is 2. The minimum absolute atomic E-state index is 0.0700. The van der Waals surface area contributed by atoms with E-state index in [4.69, 9.17) is 21.7 Å². The van der Waals surface area contributed by atoms with Crippen LogP contribution in [0.2, 0.25) is 0 Å². The highest BCUT2D eigenvalue weighted by atomic mass is 79.9. The van der Waals surface area contributed by atoms with Crippen molar-refractivity contribution in [1.29, 1.82) is 0 Å². The summed E-state index contributed by atoms with van der Waals surface area (Å²) in [6.45, 7) is 5.08. The molecule has 0 aliphatic carbocycles. The molecule has 1 aromatic carbocycles. The van der Waals surface area contributed by atoms with Gasteiger partial charge < -0.3 is 19.7 Å². The zero-order valence-corrected chi connectivity index (χ0v) is 18.7. The highest BCUT2D eigenvalue weighted by Crippen LogP contribution is 2.23. The first-order valence-corrected chi connectivity index (χ1v) is 10.5. The van der Waals surface area contributed by atoms with Crippen LogP contribution in [-0.2, 0) is 14.3 Å². The highest BCUT2D eigenvalue weighted by Gasteiger charge is 2.34. The van der Waals surface area contributed by atoms with Crippen molar-refractivity contribution in [3.8, 4) is 5.75 Å². The lowest BCUT2D eigenvalue weighted by molar-refractivity contribution is -0.147. The molecule has 2 rings (SSSR count). The number of esters is 1. The Morgan fingerprint density at radius 2 is 2.14 bits per heavy atom. The van der Waals surface area contributed by atoms with Crippen LogP contribution in [0, 0.1) is 0 Å². The minimum atomic E-state index is -0.839. The number of carbonyl (C=O) groups is 3. The summed E-state index contributed by atoms with van der Waals surface area (Å²) < 4.78 is 11.3. The Hall–Kier alpha value is -2.20. The Morgan fingerprint density at radius 3 is 2.83 bits per heavy atom. The lowest BCUT2D eigenvalue weighted by atomic mass is 10.1. The Kier molecular flexibility index (Phi) is 8.84. The molecule has 0 spiro atoms. The first-order valence-electron chi connectivity index (χ1n) is 9.35. The molecule has 1 atom stereocenters. The van der Waals surface area contributed by atoms with Gasteiger partial charge in [0.05, 0.1) is 25.2 Å². The van der Waals surface area contributed by atoms with Crippen LogP contribution in [0.3, 0.4) is 0 Å². The third-order valence-electron chi connectivity index (χ3n) is 4.13. The van der Waals surface area contributed by atoms with Crippen LogP contribution >= 0.6 is 28.1 Å². The first-order chi connectivity index (χ1) is 13.9. The summed E-state index contributed by atoms with van der Waals surface area (Å²) in [7, 11) is 0. The summed E-state index contributed by atoms with van der Waals surface area (Å²) in [4.78, 5) is 38.5. The Bertz CT molecular complexity index is 789. The van der Waals surface area contributed by atoms with Gasteiger partial charge in [0.1, 0.15) is 11.8 Å². The molecular formula is C19H24BrN3O5S. The second-order valence-corrected chi connectivity index (χ2v) is 7.56. The summed E-state index contributed by atoms with van der Waals surface area (Å²) in [5, 5.41) is 5.42. The number of piperazine rings is 1. The van der Waals surface area contributed by atoms with Crippen LogP contribution in [0.15, 0.2) is 22.7 Å². The van der Waals surface area contributed by atoms with Crippen LogP contribution in [-0.4, -0.2) is 60.1 Å². The molecule has 2 amide bonds. The van der Waals surface area contributed by atoms with Crippen molar-refractivity contribution in [3.05, 3.63) is 28.2 Å². The van der Waals surface area contributed by atoms with Crippen molar-refractivity contribution in [2.45, 2.75) is 32.7 Å². The number of thiocarbonyl (C=S) groups is 1. The van der Waals surface area contributed by atoms with E-state index in [0.717, 1.165) is 10.9 Å². The summed E-state index contributed by atoms with van der Waals surface area (Å²) in [5.74, 6) is -0.857. The van der Waals surface area contributed by atoms with E-state index in [0.29, 0.717) is 31.0 Å². The summed E-state index contributed by atoms with van der Waals surface area (Å²) in [5.41, 5.74) is 0.318. The van der Waals surface area contributed by atoms with Crippen LogP contribution in [0.5, 0.6) is 5.75 Å². The number of halogens is 1. The van der Waals surface area contributed by atoms with E-state index in [1.165, 1.54) is 4.90 Å². The Balaban J connectivity index is 2.15. The molecule has 158 valence electrons. The SMILES string of the molecule is CCCOc1ccc(Br)cc1C(=O)NC(=S)N1CCNC(=O)C1CC(=O)OCC. The van der Waals surface area contributed by atoms with Crippen LogP contribution in [0.4, 0.5) is 0 Å². The summed E-state index contributed by atoms with van der Waals surface area (Å²) in [6, 6.07) is 4.29. The zero-order valence-electron chi connectivity index (χ0n) is 16.3. The standard InChI is InChI=1S/C19H24BrN3O5S/c1-3-9-28-15-6-5-12(20)10-13(15)17(25)22-19(29)23-8-7-21-18(26)14(23)11-16(24)27-4-2/h5-6,10,14H,3-4,7-9,11H2,1-2H3,(H,21,26)(H,22,25,29).